The molecule has 5 aliphatic carbocycles. The van der Waals surface area contributed by atoms with Gasteiger partial charge in [-0.3, -0.25) is 9.59 Å². The summed E-state index contributed by atoms with van der Waals surface area (Å²) in [6.45, 7) is 17.6. The minimum Gasteiger partial charge on any atom is -0.459 e. The summed E-state index contributed by atoms with van der Waals surface area (Å²) in [6, 6.07) is 3.43. The standard InChI is InChI=1S/C41H58NO9/c1-23-20-26(34(37(5,6)46)49-24(2)43)50-32-31(23)38(7)15-16-41-22-40(41)14-13-29(36(3,4)27(40)11-12-28(41)39(38,8)33(32)44)51-30-21-42(17-19-48-30)35(45)25-10-9-18-47-25/h9-10,18,23,27,29-31,33-34,44,46H,11-17,19-22H2,1-8H3/t23-,27+,29?,30+,31+,33+,34+,38-,39-,40-,41+/m1/s1. The van der Waals surface area contributed by atoms with Gasteiger partial charge in [-0.25, -0.2) is 0 Å². The van der Waals surface area contributed by atoms with E-state index in [-0.39, 0.29) is 45.5 Å². The number of amides is 1. The Hall–Kier alpha value is -1.98. The lowest BCUT2D eigenvalue weighted by molar-refractivity contribution is -0.239. The molecule has 1 aromatic rings. The van der Waals surface area contributed by atoms with Crippen LogP contribution in [0, 0.1) is 63.0 Å². The number of morpholine rings is 1. The minimum absolute atomic E-state index is 0.0140. The van der Waals surface area contributed by atoms with Crippen molar-refractivity contribution in [1.82, 2.24) is 4.90 Å². The number of esters is 1. The van der Waals surface area contributed by atoms with Crippen LogP contribution in [-0.2, 0) is 23.7 Å². The van der Waals surface area contributed by atoms with E-state index in [1.807, 2.05) is 0 Å². The van der Waals surface area contributed by atoms with Gasteiger partial charge in [-0.1, -0.05) is 34.6 Å². The number of hydrogen-bond donors (Lipinski definition) is 2. The van der Waals surface area contributed by atoms with Crippen molar-refractivity contribution in [3.8, 4) is 0 Å². The van der Waals surface area contributed by atoms with Crippen molar-refractivity contribution in [1.29, 1.82) is 0 Å². The molecule has 10 nitrogen and oxygen atoms in total. The Balaban J connectivity index is 1.01. The normalized spacial score (nSPS) is 44.4. The number of hydrogen-bond acceptors (Lipinski definition) is 9. The molecule has 0 bridgehead atoms. The van der Waals surface area contributed by atoms with Crippen LogP contribution in [0.3, 0.4) is 0 Å². The predicted octanol–water partition coefficient (Wildman–Crippen LogP) is 6.26. The van der Waals surface area contributed by atoms with Gasteiger partial charge in [-0.15, -0.1) is 0 Å². The van der Waals surface area contributed by atoms with Gasteiger partial charge in [-0.05, 0) is 117 Å². The average molecular weight is 709 g/mol. The molecule has 2 N–H and O–H groups in total. The lowest BCUT2D eigenvalue weighted by atomic mass is 9.41. The molecule has 7 fully saturated rings. The first-order chi connectivity index (χ1) is 23.9. The summed E-state index contributed by atoms with van der Waals surface area (Å²) in [5, 5.41) is 23.5. The number of carbonyl (C=O) groups excluding carboxylic acids is 2. The van der Waals surface area contributed by atoms with E-state index in [1.165, 1.54) is 19.6 Å². The molecule has 1 amide bonds. The van der Waals surface area contributed by atoms with E-state index in [0.717, 1.165) is 38.5 Å². The molecular weight excluding hydrogens is 650 g/mol. The van der Waals surface area contributed by atoms with Crippen LogP contribution in [0.4, 0.5) is 0 Å². The van der Waals surface area contributed by atoms with E-state index in [0.29, 0.717) is 50.0 Å². The minimum atomic E-state index is -1.33. The highest BCUT2D eigenvalue weighted by Gasteiger charge is 2.85. The summed E-state index contributed by atoms with van der Waals surface area (Å²) in [5.41, 5.74) is -1.77. The summed E-state index contributed by atoms with van der Waals surface area (Å²) < 4.78 is 30.6. The zero-order chi connectivity index (χ0) is 36.5. The van der Waals surface area contributed by atoms with Crippen LogP contribution < -0.4 is 0 Å². The second kappa shape index (κ2) is 11.8. The van der Waals surface area contributed by atoms with Gasteiger partial charge in [-0.2, -0.15) is 0 Å². The number of aliphatic hydroxyl groups is 2. The fraction of sp³-hybridized carbons (Fsp3) is 0.780. The smallest absolute Gasteiger partial charge is 0.303 e. The van der Waals surface area contributed by atoms with Crippen LogP contribution in [0.25, 0.3) is 0 Å². The van der Waals surface area contributed by atoms with E-state index in [2.05, 4.69) is 34.6 Å². The quantitative estimate of drug-likeness (QED) is 0.329. The molecule has 3 radical (unpaired) electrons. The Kier molecular flexibility index (Phi) is 8.30. The number of rotatable bonds is 6. The first kappa shape index (κ1) is 36.0. The number of nitrogens with zero attached hydrogens (tertiary/aromatic N) is 1. The fourth-order valence-electron chi connectivity index (χ4n) is 13.2. The van der Waals surface area contributed by atoms with Crippen molar-refractivity contribution < 1.29 is 43.2 Å². The molecule has 281 valence electrons. The maximum Gasteiger partial charge on any atom is 0.303 e. The van der Waals surface area contributed by atoms with Gasteiger partial charge in [0.05, 0.1) is 37.2 Å². The van der Waals surface area contributed by atoms with Crippen molar-refractivity contribution in [2.45, 2.75) is 137 Å². The number of ether oxygens (including phenoxy) is 4. The Bertz CT molecular complexity index is 1520. The molecule has 51 heavy (non-hydrogen) atoms. The Morgan fingerprint density at radius 3 is 2.57 bits per heavy atom. The van der Waals surface area contributed by atoms with E-state index < -0.39 is 35.5 Å². The third kappa shape index (κ3) is 4.97. The molecule has 10 heteroatoms. The molecule has 0 aromatic carbocycles. The van der Waals surface area contributed by atoms with Crippen molar-refractivity contribution in [3.63, 3.8) is 0 Å². The lowest BCUT2D eigenvalue weighted by Gasteiger charge is -2.63. The largest absolute Gasteiger partial charge is 0.459 e. The summed E-state index contributed by atoms with van der Waals surface area (Å²) in [7, 11) is 0. The average Bonchev–Trinajstić information content (AvgIpc) is 3.32. The molecular formula is C41H58NO9. The van der Waals surface area contributed by atoms with Gasteiger partial charge >= 0.3 is 5.97 Å². The van der Waals surface area contributed by atoms with E-state index in [1.54, 1.807) is 36.8 Å². The molecule has 3 heterocycles. The van der Waals surface area contributed by atoms with Crippen molar-refractivity contribution in [2.24, 2.45) is 44.8 Å². The van der Waals surface area contributed by atoms with Gasteiger partial charge in [0.15, 0.2) is 18.2 Å². The van der Waals surface area contributed by atoms with E-state index >= 15 is 0 Å². The monoisotopic (exact) mass is 708 g/mol. The third-order valence-electron chi connectivity index (χ3n) is 15.6. The van der Waals surface area contributed by atoms with Crippen LogP contribution in [0.2, 0.25) is 0 Å². The summed E-state index contributed by atoms with van der Waals surface area (Å²) in [5.74, 6) is 1.98. The first-order valence-electron chi connectivity index (χ1n) is 19.4. The van der Waals surface area contributed by atoms with Gasteiger partial charge < -0.3 is 38.5 Å². The molecule has 2 aliphatic heterocycles. The van der Waals surface area contributed by atoms with Gasteiger partial charge in [0.25, 0.3) is 5.91 Å². The molecule has 2 saturated heterocycles. The fourth-order valence-corrected chi connectivity index (χ4v) is 13.2. The van der Waals surface area contributed by atoms with E-state index in [4.69, 9.17) is 23.4 Å². The van der Waals surface area contributed by atoms with Crippen LogP contribution in [0.15, 0.2) is 22.8 Å². The molecule has 2 spiro atoms. The van der Waals surface area contributed by atoms with Crippen LogP contribution >= 0.6 is 0 Å². The van der Waals surface area contributed by atoms with Crippen molar-refractivity contribution in [2.75, 3.05) is 19.7 Å². The molecule has 7 aliphatic rings. The highest BCUT2D eigenvalue weighted by molar-refractivity contribution is 5.91. The maximum atomic E-state index is 13.0. The number of aliphatic hydroxyl groups excluding tert-OH is 1. The highest BCUT2D eigenvalue weighted by Crippen LogP contribution is 2.90. The van der Waals surface area contributed by atoms with Gasteiger partial charge in [0, 0.05) is 24.8 Å². The SMILES string of the molecule is CC(=O)O[C@@H]([C]1C[C@@H](C)[C@H]2[C](O1)[C@H](O)[C@@]1(C)[C]3CC[C@H]4C(C)(C)C(O[C@H]5CN(C(=O)c6ccco6)CCO5)CC[C@@]45C[C@@]35CC[C@]21C)C(C)(C)O. The van der Waals surface area contributed by atoms with Crippen LogP contribution in [0.1, 0.15) is 117 Å². The lowest BCUT2D eigenvalue weighted by Crippen LogP contribution is -2.59. The molecule has 5 saturated carbocycles. The highest BCUT2D eigenvalue weighted by atomic mass is 16.7. The molecule has 1 aromatic heterocycles. The summed E-state index contributed by atoms with van der Waals surface area (Å²) in [4.78, 5) is 26.9. The number of carbonyl (C=O) groups is 2. The van der Waals surface area contributed by atoms with E-state index in [9.17, 15) is 19.8 Å². The van der Waals surface area contributed by atoms with Crippen LogP contribution in [0.5, 0.6) is 0 Å². The van der Waals surface area contributed by atoms with Crippen molar-refractivity contribution >= 4 is 11.9 Å². The Labute approximate surface area is 303 Å². The number of fused-ring (bicyclic) bond motifs is 4. The topological polar surface area (TPSA) is 128 Å². The molecule has 11 atom stereocenters. The summed E-state index contributed by atoms with van der Waals surface area (Å²) >= 11 is 0. The Morgan fingerprint density at radius 1 is 1.12 bits per heavy atom. The zero-order valence-electron chi connectivity index (χ0n) is 31.8. The maximum absolute atomic E-state index is 13.0. The van der Waals surface area contributed by atoms with Gasteiger partial charge in [0.2, 0.25) is 0 Å². The van der Waals surface area contributed by atoms with Crippen molar-refractivity contribution in [3.05, 3.63) is 42.3 Å². The Morgan fingerprint density at radius 2 is 1.88 bits per heavy atom. The second-order valence-electron chi connectivity index (χ2n) is 18.8. The van der Waals surface area contributed by atoms with Gasteiger partial charge in [0.1, 0.15) is 12.2 Å². The first-order valence-corrected chi connectivity index (χ1v) is 19.4. The predicted molar refractivity (Wildman–Crippen MR) is 186 cm³/mol. The van der Waals surface area contributed by atoms with Crippen LogP contribution in [-0.4, -0.2) is 76.9 Å². The second-order valence-corrected chi connectivity index (χ2v) is 18.8. The third-order valence-corrected chi connectivity index (χ3v) is 15.6. The molecule has 1 unspecified atom stereocenters. The summed E-state index contributed by atoms with van der Waals surface area (Å²) in [6.07, 6.45) is 8.52. The zero-order valence-corrected chi connectivity index (χ0v) is 31.8. The molecule has 8 rings (SSSR count). The number of furan rings is 1.